The highest BCUT2D eigenvalue weighted by Gasteiger charge is 2.22. The molecule has 1 aliphatic heterocycles. The van der Waals surface area contributed by atoms with Crippen molar-refractivity contribution >= 4 is 30.5 Å². The average Bonchev–Trinajstić information content (AvgIpc) is 2.78. The molecule has 0 aliphatic carbocycles. The fraction of sp³-hybridized carbons (Fsp3) is 0.222. The van der Waals surface area contributed by atoms with E-state index in [1.54, 1.807) is 19.1 Å². The first-order chi connectivity index (χ1) is 12.8. The molecule has 0 bridgehead atoms. The van der Waals surface area contributed by atoms with Gasteiger partial charge in [0.1, 0.15) is 5.84 Å². The van der Waals surface area contributed by atoms with Crippen LogP contribution in [-0.2, 0) is 15.8 Å². The standard InChI is InChI=1S/C18H20N3O5P/c1-2-26-18(22)21-10-14-4-3-13(9-16(14)20-17(19)11-21)12-5-7-15(8-6-12)27(23,24)25/h3-9H,2,10-11H2,1H3,(H2,19,20)(H2,23,24,25). The van der Waals surface area contributed by atoms with Gasteiger partial charge in [0.15, 0.2) is 0 Å². The SMILES string of the molecule is CCOC(=O)N1CC(N)=Nc2cc(-c3ccc(P(=O)(O)O)cc3)ccc2C1. The third-order valence-electron chi connectivity index (χ3n) is 4.13. The van der Waals surface area contributed by atoms with Crippen molar-refractivity contribution in [2.75, 3.05) is 13.2 Å². The fourth-order valence-electron chi connectivity index (χ4n) is 2.82. The summed E-state index contributed by atoms with van der Waals surface area (Å²) in [6.45, 7) is 2.53. The van der Waals surface area contributed by atoms with Gasteiger partial charge in [0.25, 0.3) is 0 Å². The number of amidine groups is 1. The summed E-state index contributed by atoms with van der Waals surface area (Å²) in [7, 11) is -4.27. The molecule has 9 heteroatoms. The van der Waals surface area contributed by atoms with Crippen LogP contribution in [0.3, 0.4) is 0 Å². The number of carbonyl (C=O) groups is 1. The van der Waals surface area contributed by atoms with Gasteiger partial charge in [-0.2, -0.15) is 0 Å². The Hall–Kier alpha value is -2.67. The number of nitrogens with zero attached hydrogens (tertiary/aromatic N) is 2. The van der Waals surface area contributed by atoms with Crippen molar-refractivity contribution in [2.24, 2.45) is 10.7 Å². The molecule has 8 nitrogen and oxygen atoms in total. The molecule has 2 aromatic carbocycles. The molecule has 1 amide bonds. The number of fused-ring (bicyclic) bond motifs is 1. The molecule has 0 saturated heterocycles. The number of ether oxygens (including phenoxy) is 1. The van der Waals surface area contributed by atoms with E-state index >= 15 is 0 Å². The maximum absolute atomic E-state index is 12.0. The molecule has 3 rings (SSSR count). The van der Waals surface area contributed by atoms with Gasteiger partial charge >= 0.3 is 13.7 Å². The first-order valence-electron chi connectivity index (χ1n) is 8.32. The Bertz CT molecular complexity index is 937. The van der Waals surface area contributed by atoms with E-state index in [1.807, 2.05) is 18.2 Å². The summed E-state index contributed by atoms with van der Waals surface area (Å²) in [4.78, 5) is 36.3. The maximum atomic E-state index is 12.0. The first kappa shape index (κ1) is 19.1. The Balaban J connectivity index is 1.92. The molecular weight excluding hydrogens is 369 g/mol. The topological polar surface area (TPSA) is 125 Å². The zero-order chi connectivity index (χ0) is 19.6. The summed E-state index contributed by atoms with van der Waals surface area (Å²) in [6, 6.07) is 11.7. The van der Waals surface area contributed by atoms with Crippen molar-refractivity contribution in [1.29, 1.82) is 0 Å². The molecule has 0 atom stereocenters. The van der Waals surface area contributed by atoms with E-state index < -0.39 is 13.7 Å². The molecule has 0 radical (unpaired) electrons. The largest absolute Gasteiger partial charge is 0.450 e. The van der Waals surface area contributed by atoms with Gasteiger partial charge in [-0.3, -0.25) is 9.46 Å². The predicted octanol–water partition coefficient (Wildman–Crippen LogP) is 2.12. The van der Waals surface area contributed by atoms with Gasteiger partial charge in [0, 0.05) is 0 Å². The summed E-state index contributed by atoms with van der Waals surface area (Å²) in [5, 5.41) is -0.0339. The molecule has 2 aromatic rings. The summed E-state index contributed by atoms with van der Waals surface area (Å²) >= 11 is 0. The third kappa shape index (κ3) is 4.36. The third-order valence-corrected chi connectivity index (χ3v) is 5.10. The summed E-state index contributed by atoms with van der Waals surface area (Å²) < 4.78 is 16.3. The fourth-order valence-corrected chi connectivity index (χ4v) is 3.36. The number of nitrogens with two attached hydrogens (primary N) is 1. The van der Waals surface area contributed by atoms with Crippen LogP contribution in [0.1, 0.15) is 12.5 Å². The first-order valence-corrected chi connectivity index (χ1v) is 9.93. The normalized spacial score (nSPS) is 14.2. The van der Waals surface area contributed by atoms with E-state index in [4.69, 9.17) is 10.5 Å². The number of rotatable bonds is 3. The van der Waals surface area contributed by atoms with Crippen molar-refractivity contribution in [3.8, 4) is 11.1 Å². The highest BCUT2D eigenvalue weighted by molar-refractivity contribution is 7.60. The van der Waals surface area contributed by atoms with E-state index in [9.17, 15) is 19.1 Å². The molecule has 142 valence electrons. The van der Waals surface area contributed by atoms with Crippen molar-refractivity contribution < 1.29 is 23.9 Å². The van der Waals surface area contributed by atoms with Gasteiger partial charge in [0.2, 0.25) is 0 Å². The lowest BCUT2D eigenvalue weighted by Crippen LogP contribution is -2.37. The van der Waals surface area contributed by atoms with Gasteiger partial charge in [-0.25, -0.2) is 9.79 Å². The van der Waals surface area contributed by atoms with Gasteiger partial charge < -0.3 is 20.3 Å². The Morgan fingerprint density at radius 2 is 1.85 bits per heavy atom. The number of hydrogen-bond acceptors (Lipinski definition) is 5. The molecule has 27 heavy (non-hydrogen) atoms. The number of hydrogen-bond donors (Lipinski definition) is 3. The van der Waals surface area contributed by atoms with Crippen molar-refractivity contribution in [2.45, 2.75) is 13.5 Å². The van der Waals surface area contributed by atoms with Crippen LogP contribution >= 0.6 is 7.60 Å². The highest BCUT2D eigenvalue weighted by Crippen LogP contribution is 2.35. The van der Waals surface area contributed by atoms with Crippen LogP contribution in [-0.4, -0.2) is 39.8 Å². The van der Waals surface area contributed by atoms with Crippen LogP contribution in [0.15, 0.2) is 47.5 Å². The monoisotopic (exact) mass is 389 g/mol. The molecule has 4 N–H and O–H groups in total. The Morgan fingerprint density at radius 1 is 1.19 bits per heavy atom. The van der Waals surface area contributed by atoms with Crippen molar-refractivity contribution in [1.82, 2.24) is 4.90 Å². The second-order valence-electron chi connectivity index (χ2n) is 6.09. The van der Waals surface area contributed by atoms with E-state index in [1.165, 1.54) is 17.0 Å². The molecule has 0 fully saturated rings. The molecule has 0 unspecified atom stereocenters. The molecule has 0 saturated carbocycles. The average molecular weight is 389 g/mol. The van der Waals surface area contributed by atoms with Crippen molar-refractivity contribution in [3.63, 3.8) is 0 Å². The molecule has 1 heterocycles. The summed E-state index contributed by atoms with van der Waals surface area (Å²) in [6.07, 6.45) is -0.444. The minimum absolute atomic E-state index is 0.0339. The minimum atomic E-state index is -4.27. The zero-order valence-corrected chi connectivity index (χ0v) is 15.6. The van der Waals surface area contributed by atoms with Crippen LogP contribution in [0, 0.1) is 0 Å². The van der Waals surface area contributed by atoms with Gasteiger partial charge in [-0.05, 0) is 41.8 Å². The van der Waals surface area contributed by atoms with Gasteiger partial charge in [-0.15, -0.1) is 0 Å². The van der Waals surface area contributed by atoms with Crippen LogP contribution in [0.5, 0.6) is 0 Å². The van der Waals surface area contributed by atoms with Crippen LogP contribution < -0.4 is 11.0 Å². The molecule has 0 spiro atoms. The van der Waals surface area contributed by atoms with Crippen molar-refractivity contribution in [3.05, 3.63) is 48.0 Å². The predicted molar refractivity (Wildman–Crippen MR) is 102 cm³/mol. The second kappa shape index (κ2) is 7.52. The zero-order valence-electron chi connectivity index (χ0n) is 14.7. The molecular formula is C18H20N3O5P. The summed E-state index contributed by atoms with van der Waals surface area (Å²) in [5.41, 5.74) is 9.04. The number of carbonyl (C=O) groups excluding carboxylic acids is 1. The van der Waals surface area contributed by atoms with Gasteiger partial charge in [0.05, 0.1) is 30.7 Å². The van der Waals surface area contributed by atoms with E-state index in [0.29, 0.717) is 18.1 Å². The lowest BCUT2D eigenvalue weighted by molar-refractivity contribution is 0.110. The quantitative estimate of drug-likeness (QED) is 0.691. The second-order valence-corrected chi connectivity index (χ2v) is 7.70. The maximum Gasteiger partial charge on any atom is 0.410 e. The van der Waals surface area contributed by atoms with Gasteiger partial charge in [-0.1, -0.05) is 24.3 Å². The van der Waals surface area contributed by atoms with E-state index in [-0.39, 0.29) is 18.5 Å². The van der Waals surface area contributed by atoms with E-state index in [0.717, 1.165) is 16.7 Å². The van der Waals surface area contributed by atoms with Crippen LogP contribution in [0.4, 0.5) is 10.5 Å². The lowest BCUT2D eigenvalue weighted by atomic mass is 10.0. The Kier molecular flexibility index (Phi) is 5.32. The Morgan fingerprint density at radius 3 is 2.48 bits per heavy atom. The van der Waals surface area contributed by atoms with Crippen LogP contribution in [0.25, 0.3) is 11.1 Å². The highest BCUT2D eigenvalue weighted by atomic mass is 31.2. The van der Waals surface area contributed by atoms with E-state index in [2.05, 4.69) is 4.99 Å². The lowest BCUT2D eigenvalue weighted by Gasteiger charge is -2.19. The number of aliphatic imine (C=N–C) groups is 1. The smallest absolute Gasteiger partial charge is 0.410 e. The van der Waals surface area contributed by atoms with Crippen LogP contribution in [0.2, 0.25) is 0 Å². The molecule has 0 aromatic heterocycles. The minimum Gasteiger partial charge on any atom is -0.450 e. The number of amides is 1. The number of benzene rings is 2. The summed E-state index contributed by atoms with van der Waals surface area (Å²) in [5.74, 6) is 0.302. The Labute approximate surface area is 156 Å². The molecule has 1 aliphatic rings.